The lowest BCUT2D eigenvalue weighted by Gasteiger charge is -2.39. The second kappa shape index (κ2) is 6.90. The molecule has 4 rings (SSSR count). The van der Waals surface area contributed by atoms with E-state index in [1.54, 1.807) is 17.2 Å². The zero-order valence-electron chi connectivity index (χ0n) is 18.1. The van der Waals surface area contributed by atoms with Crippen LogP contribution in [0.2, 0.25) is 0 Å². The van der Waals surface area contributed by atoms with E-state index in [2.05, 4.69) is 5.32 Å². The van der Waals surface area contributed by atoms with Crippen molar-refractivity contribution in [3.63, 3.8) is 0 Å². The zero-order chi connectivity index (χ0) is 22.6. The summed E-state index contributed by atoms with van der Waals surface area (Å²) in [5, 5.41) is 16.6. The number of esters is 1. The monoisotopic (exact) mass is 423 g/mol. The van der Waals surface area contributed by atoms with Crippen LogP contribution in [0.1, 0.15) is 38.8 Å². The van der Waals surface area contributed by atoms with Crippen LogP contribution in [0.15, 0.2) is 60.2 Å². The van der Waals surface area contributed by atoms with Crippen molar-refractivity contribution in [3.8, 4) is 0 Å². The van der Waals surface area contributed by atoms with Gasteiger partial charge < -0.3 is 9.57 Å². The van der Waals surface area contributed by atoms with Gasteiger partial charge in [-0.05, 0) is 45.4 Å². The molecular weight excluding hydrogens is 398 g/mol. The van der Waals surface area contributed by atoms with Crippen molar-refractivity contribution in [2.45, 2.75) is 44.4 Å². The van der Waals surface area contributed by atoms with Crippen molar-refractivity contribution in [1.29, 1.82) is 0 Å². The lowest BCUT2D eigenvalue weighted by molar-refractivity contribution is -0.384. The summed E-state index contributed by atoms with van der Waals surface area (Å²) in [5.41, 5.74) is -0.610. The summed E-state index contributed by atoms with van der Waals surface area (Å²) >= 11 is 0. The quantitative estimate of drug-likeness (QED) is 0.455. The predicted molar refractivity (Wildman–Crippen MR) is 114 cm³/mol. The molecule has 0 aromatic heterocycles. The lowest BCUT2D eigenvalue weighted by Crippen LogP contribution is -2.52. The van der Waals surface area contributed by atoms with E-state index in [0.29, 0.717) is 16.9 Å². The highest BCUT2D eigenvalue weighted by Gasteiger charge is 2.69. The molecule has 0 aliphatic carbocycles. The van der Waals surface area contributed by atoms with Gasteiger partial charge in [0.1, 0.15) is 5.57 Å². The highest BCUT2D eigenvalue weighted by atomic mass is 16.7. The summed E-state index contributed by atoms with van der Waals surface area (Å²) in [6.45, 7) is 8.10. The number of nitro benzene ring substituents is 1. The highest BCUT2D eigenvalue weighted by molar-refractivity contribution is 6.00. The fourth-order valence-electron chi connectivity index (χ4n) is 4.26. The van der Waals surface area contributed by atoms with Gasteiger partial charge in [-0.15, -0.1) is 5.06 Å². The van der Waals surface area contributed by atoms with Crippen LogP contribution < -0.4 is 5.32 Å². The van der Waals surface area contributed by atoms with Gasteiger partial charge in [-0.2, -0.15) is 0 Å². The molecule has 2 heterocycles. The number of non-ortho nitro benzene ring substituents is 1. The number of nitro groups is 1. The molecule has 0 radical (unpaired) electrons. The van der Waals surface area contributed by atoms with E-state index < -0.39 is 27.6 Å². The Morgan fingerprint density at radius 1 is 1.06 bits per heavy atom. The molecule has 2 aliphatic rings. The molecule has 1 N–H and O–H groups in total. The minimum Gasteiger partial charge on any atom is -0.465 e. The van der Waals surface area contributed by atoms with Crippen LogP contribution in [0.5, 0.6) is 0 Å². The highest BCUT2D eigenvalue weighted by Crippen LogP contribution is 2.56. The molecule has 0 amide bonds. The second-order valence-corrected chi connectivity index (χ2v) is 8.77. The normalized spacial score (nSPS) is 23.9. The van der Waals surface area contributed by atoms with Gasteiger partial charge in [0.05, 0.1) is 17.6 Å². The van der Waals surface area contributed by atoms with E-state index in [1.165, 1.54) is 19.2 Å². The number of carbonyl (C=O) groups is 1. The Labute approximate surface area is 180 Å². The van der Waals surface area contributed by atoms with Crippen LogP contribution in [-0.2, 0) is 20.0 Å². The standard InChI is InChI=1S/C23H25N3O5/c1-21(2)22(3,4)26-23(24-21,16-11-13-17(14-12-16)25(28)29)18(20(27)30-5)19(31-26)15-9-7-6-8-10-15/h6-14,24H,1-5H3. The molecule has 162 valence electrons. The van der Waals surface area contributed by atoms with Crippen LogP contribution in [0, 0.1) is 10.1 Å². The maximum Gasteiger partial charge on any atom is 0.341 e. The number of ether oxygens (including phenoxy) is 1. The fraction of sp³-hybridized carbons (Fsp3) is 0.348. The average molecular weight is 423 g/mol. The van der Waals surface area contributed by atoms with Gasteiger partial charge in [-0.3, -0.25) is 15.4 Å². The molecule has 31 heavy (non-hydrogen) atoms. The van der Waals surface area contributed by atoms with E-state index in [9.17, 15) is 14.9 Å². The molecule has 8 nitrogen and oxygen atoms in total. The Morgan fingerprint density at radius 3 is 2.23 bits per heavy atom. The van der Waals surface area contributed by atoms with Crippen LogP contribution in [0.3, 0.4) is 0 Å². The Bertz CT molecular complexity index is 1080. The third-order valence-corrected chi connectivity index (χ3v) is 6.53. The van der Waals surface area contributed by atoms with Crippen molar-refractivity contribution in [2.24, 2.45) is 0 Å². The SMILES string of the molecule is COC(=O)C1=C(c2ccccc2)ON2C1(c1ccc([N+](=O)[O-])cc1)NC(C)(C)C2(C)C. The second-order valence-electron chi connectivity index (χ2n) is 8.77. The van der Waals surface area contributed by atoms with Crippen LogP contribution in [-0.4, -0.2) is 34.1 Å². The third-order valence-electron chi connectivity index (χ3n) is 6.53. The first-order chi connectivity index (χ1) is 14.6. The smallest absolute Gasteiger partial charge is 0.341 e. The Morgan fingerprint density at radius 2 is 1.68 bits per heavy atom. The number of carbonyl (C=O) groups excluding carboxylic acids is 1. The summed E-state index contributed by atoms with van der Waals surface area (Å²) in [4.78, 5) is 30.3. The lowest BCUT2D eigenvalue weighted by atomic mass is 9.84. The molecule has 8 heteroatoms. The largest absolute Gasteiger partial charge is 0.465 e. The summed E-state index contributed by atoms with van der Waals surface area (Å²) in [6.07, 6.45) is 0. The molecule has 2 aliphatic heterocycles. The van der Waals surface area contributed by atoms with Crippen molar-refractivity contribution in [1.82, 2.24) is 10.4 Å². The predicted octanol–water partition coefficient (Wildman–Crippen LogP) is 3.74. The van der Waals surface area contributed by atoms with Crippen molar-refractivity contribution in [3.05, 3.63) is 81.4 Å². The van der Waals surface area contributed by atoms with E-state index in [-0.39, 0.29) is 5.69 Å². The van der Waals surface area contributed by atoms with E-state index in [1.807, 2.05) is 58.0 Å². The Balaban J connectivity index is 2.03. The number of nitrogens with zero attached hydrogens (tertiary/aromatic N) is 2. The number of methoxy groups -OCH3 is 1. The van der Waals surface area contributed by atoms with Gasteiger partial charge in [-0.25, -0.2) is 4.79 Å². The zero-order valence-corrected chi connectivity index (χ0v) is 18.1. The van der Waals surface area contributed by atoms with E-state index in [4.69, 9.17) is 9.57 Å². The number of hydrogen-bond acceptors (Lipinski definition) is 7. The van der Waals surface area contributed by atoms with Crippen LogP contribution in [0.25, 0.3) is 5.76 Å². The van der Waals surface area contributed by atoms with Crippen LogP contribution >= 0.6 is 0 Å². The van der Waals surface area contributed by atoms with Crippen molar-refractivity contribution < 1.29 is 19.3 Å². The van der Waals surface area contributed by atoms with Gasteiger partial charge in [0, 0.05) is 23.2 Å². The number of benzene rings is 2. The van der Waals surface area contributed by atoms with Gasteiger partial charge in [0.25, 0.3) is 5.69 Å². The summed E-state index contributed by atoms with van der Waals surface area (Å²) < 4.78 is 5.19. The number of rotatable bonds is 4. The van der Waals surface area contributed by atoms with Gasteiger partial charge >= 0.3 is 5.97 Å². The maximum atomic E-state index is 13.2. The molecule has 2 aromatic carbocycles. The minimum atomic E-state index is -1.19. The Kier molecular flexibility index (Phi) is 4.68. The minimum absolute atomic E-state index is 0.0333. The first-order valence-electron chi connectivity index (χ1n) is 9.97. The molecule has 0 spiro atoms. The number of fused-ring (bicyclic) bond motifs is 1. The number of hydrogen-bond donors (Lipinski definition) is 1. The summed E-state index contributed by atoms with van der Waals surface area (Å²) in [6, 6.07) is 15.5. The van der Waals surface area contributed by atoms with Crippen LogP contribution in [0.4, 0.5) is 5.69 Å². The first-order valence-corrected chi connectivity index (χ1v) is 9.97. The van der Waals surface area contributed by atoms with E-state index in [0.717, 1.165) is 5.56 Å². The summed E-state index contributed by atoms with van der Waals surface area (Å²) in [7, 11) is 1.33. The molecule has 1 saturated heterocycles. The van der Waals surface area contributed by atoms with Gasteiger partial charge in [0.2, 0.25) is 0 Å². The maximum absolute atomic E-state index is 13.2. The first kappa shape index (κ1) is 21.0. The molecule has 0 saturated carbocycles. The molecule has 1 unspecified atom stereocenters. The summed E-state index contributed by atoms with van der Waals surface area (Å²) in [5.74, 6) is -0.150. The molecular formula is C23H25N3O5. The van der Waals surface area contributed by atoms with Crippen molar-refractivity contribution >= 4 is 17.4 Å². The van der Waals surface area contributed by atoms with E-state index >= 15 is 0 Å². The topological polar surface area (TPSA) is 93.9 Å². The molecule has 0 bridgehead atoms. The number of hydroxylamine groups is 2. The molecule has 2 aromatic rings. The molecule has 1 fully saturated rings. The van der Waals surface area contributed by atoms with Crippen molar-refractivity contribution in [2.75, 3.05) is 7.11 Å². The fourth-order valence-corrected chi connectivity index (χ4v) is 4.26. The van der Waals surface area contributed by atoms with Gasteiger partial charge in [0.15, 0.2) is 11.4 Å². The number of nitrogens with one attached hydrogen (secondary N) is 1. The average Bonchev–Trinajstić information content (AvgIpc) is 3.16. The molecule has 1 atom stereocenters. The van der Waals surface area contributed by atoms with Gasteiger partial charge in [-0.1, -0.05) is 30.3 Å². The third kappa shape index (κ3) is 2.86. The Hall–Kier alpha value is -3.23.